The topological polar surface area (TPSA) is 79.0 Å². The Hall–Kier alpha value is -1.21. The van der Waals surface area contributed by atoms with Crippen molar-refractivity contribution in [2.75, 3.05) is 12.0 Å². The molecule has 0 aliphatic rings. The average molecular weight is 288 g/mol. The standard InChI is InChI=1S/C11H16N2O3S2/c1-8(5-7-18(2,15)16)13-10(14)9-4-3-6-12-11(9)17/h3-4,6,8H,5,7H2,1-2H3,(H,12,17)(H,13,14)/t8-/m0/s1. The number of carbonyl (C=O) groups is 1. The van der Waals surface area contributed by atoms with Gasteiger partial charge >= 0.3 is 0 Å². The molecule has 0 aromatic carbocycles. The number of sulfone groups is 1. The molecule has 0 unspecified atom stereocenters. The Morgan fingerprint density at radius 2 is 2.22 bits per heavy atom. The number of aromatic amines is 1. The lowest BCUT2D eigenvalue weighted by Gasteiger charge is -2.13. The van der Waals surface area contributed by atoms with E-state index >= 15 is 0 Å². The van der Waals surface area contributed by atoms with Crippen molar-refractivity contribution in [3.05, 3.63) is 28.5 Å². The van der Waals surface area contributed by atoms with Gasteiger partial charge in [0.05, 0.1) is 11.3 Å². The molecular weight excluding hydrogens is 272 g/mol. The maximum Gasteiger partial charge on any atom is 0.254 e. The van der Waals surface area contributed by atoms with Gasteiger partial charge < -0.3 is 10.3 Å². The molecule has 2 N–H and O–H groups in total. The second-order valence-corrected chi connectivity index (χ2v) is 6.87. The number of H-pyrrole nitrogens is 1. The van der Waals surface area contributed by atoms with Crippen LogP contribution in [0.3, 0.4) is 0 Å². The SMILES string of the molecule is C[C@@H](CCS(C)(=O)=O)NC(=O)c1ccc[nH]c1=S. The van der Waals surface area contributed by atoms with Crippen molar-refractivity contribution in [3.8, 4) is 0 Å². The summed E-state index contributed by atoms with van der Waals surface area (Å²) < 4.78 is 22.4. The van der Waals surface area contributed by atoms with Gasteiger partial charge in [0.15, 0.2) is 0 Å². The Labute approximate surface area is 112 Å². The number of nitrogens with one attached hydrogen (secondary N) is 2. The van der Waals surface area contributed by atoms with Gasteiger partial charge in [0, 0.05) is 18.5 Å². The maximum atomic E-state index is 11.9. The fraction of sp³-hybridized carbons (Fsp3) is 0.455. The Morgan fingerprint density at radius 3 is 2.78 bits per heavy atom. The van der Waals surface area contributed by atoms with E-state index in [4.69, 9.17) is 12.2 Å². The predicted octanol–water partition coefficient (Wildman–Crippen LogP) is 1.30. The summed E-state index contributed by atoms with van der Waals surface area (Å²) in [5.74, 6) is -0.242. The first-order valence-electron chi connectivity index (χ1n) is 5.46. The molecule has 7 heteroatoms. The van der Waals surface area contributed by atoms with Crippen LogP contribution in [0.15, 0.2) is 18.3 Å². The molecule has 1 rings (SSSR count). The number of hydrogen-bond acceptors (Lipinski definition) is 4. The van der Waals surface area contributed by atoms with Crippen LogP contribution in [0.5, 0.6) is 0 Å². The molecule has 5 nitrogen and oxygen atoms in total. The normalized spacial score (nSPS) is 13.0. The number of aromatic nitrogens is 1. The molecule has 0 saturated carbocycles. The van der Waals surface area contributed by atoms with Gasteiger partial charge in [-0.15, -0.1) is 0 Å². The van der Waals surface area contributed by atoms with Gasteiger partial charge in [-0.25, -0.2) is 8.42 Å². The summed E-state index contributed by atoms with van der Waals surface area (Å²) >= 11 is 4.99. The van der Waals surface area contributed by atoms with Crippen molar-refractivity contribution in [1.82, 2.24) is 10.3 Å². The molecule has 0 radical (unpaired) electrons. The van der Waals surface area contributed by atoms with Crippen molar-refractivity contribution < 1.29 is 13.2 Å². The van der Waals surface area contributed by atoms with E-state index < -0.39 is 9.84 Å². The summed E-state index contributed by atoms with van der Waals surface area (Å²) in [5.41, 5.74) is 0.388. The van der Waals surface area contributed by atoms with E-state index in [1.807, 2.05) is 0 Å². The number of carbonyl (C=O) groups excluding carboxylic acids is 1. The van der Waals surface area contributed by atoms with Crippen molar-refractivity contribution in [3.63, 3.8) is 0 Å². The first-order chi connectivity index (χ1) is 8.29. The molecule has 0 aliphatic heterocycles. The summed E-state index contributed by atoms with van der Waals surface area (Å²) in [4.78, 5) is 14.6. The van der Waals surface area contributed by atoms with Crippen LogP contribution in [0.1, 0.15) is 23.7 Å². The minimum atomic E-state index is -3.01. The van der Waals surface area contributed by atoms with E-state index in [0.717, 1.165) is 0 Å². The minimum Gasteiger partial charge on any atom is -0.352 e. The van der Waals surface area contributed by atoms with Gasteiger partial charge in [-0.3, -0.25) is 4.79 Å². The first kappa shape index (κ1) is 14.8. The van der Waals surface area contributed by atoms with E-state index in [1.54, 1.807) is 25.3 Å². The first-order valence-corrected chi connectivity index (χ1v) is 7.93. The van der Waals surface area contributed by atoms with E-state index in [1.165, 1.54) is 6.26 Å². The smallest absolute Gasteiger partial charge is 0.254 e. The molecule has 1 heterocycles. The Kier molecular flexibility index (Phi) is 5.03. The zero-order valence-corrected chi connectivity index (χ0v) is 11.9. The summed E-state index contributed by atoms with van der Waals surface area (Å²) in [6, 6.07) is 3.09. The molecule has 0 spiro atoms. The monoisotopic (exact) mass is 288 g/mol. The van der Waals surface area contributed by atoms with Crippen LogP contribution in [0.2, 0.25) is 0 Å². The van der Waals surface area contributed by atoms with Gasteiger partial charge in [-0.1, -0.05) is 12.2 Å². The lowest BCUT2D eigenvalue weighted by molar-refractivity contribution is 0.0938. The highest BCUT2D eigenvalue weighted by Crippen LogP contribution is 2.02. The molecule has 1 amide bonds. The van der Waals surface area contributed by atoms with Crippen molar-refractivity contribution >= 4 is 28.0 Å². The summed E-state index contributed by atoms with van der Waals surface area (Å²) in [5, 5.41) is 2.72. The van der Waals surface area contributed by atoms with Gasteiger partial charge in [0.2, 0.25) is 0 Å². The molecule has 100 valence electrons. The summed E-state index contributed by atoms with van der Waals surface area (Å²) in [7, 11) is -3.01. The zero-order valence-electron chi connectivity index (χ0n) is 10.3. The third-order valence-electron chi connectivity index (χ3n) is 2.36. The van der Waals surface area contributed by atoms with E-state index in [2.05, 4.69) is 10.3 Å². The zero-order chi connectivity index (χ0) is 13.8. The number of pyridine rings is 1. The Balaban J connectivity index is 2.61. The van der Waals surface area contributed by atoms with Crippen molar-refractivity contribution in [2.24, 2.45) is 0 Å². The number of hydrogen-bond donors (Lipinski definition) is 2. The number of rotatable bonds is 5. The van der Waals surface area contributed by atoms with E-state index in [9.17, 15) is 13.2 Å². The molecule has 0 saturated heterocycles. The highest BCUT2D eigenvalue weighted by atomic mass is 32.2. The predicted molar refractivity (Wildman–Crippen MR) is 72.9 cm³/mol. The van der Waals surface area contributed by atoms with Gasteiger partial charge in [0.1, 0.15) is 14.5 Å². The number of amides is 1. The van der Waals surface area contributed by atoms with E-state index in [0.29, 0.717) is 16.6 Å². The van der Waals surface area contributed by atoms with Crippen LogP contribution in [-0.4, -0.2) is 37.4 Å². The van der Waals surface area contributed by atoms with Crippen LogP contribution in [0, 0.1) is 4.64 Å². The Morgan fingerprint density at radius 1 is 1.56 bits per heavy atom. The van der Waals surface area contributed by atoms with Crippen molar-refractivity contribution in [2.45, 2.75) is 19.4 Å². The molecule has 1 aromatic rings. The summed E-state index contributed by atoms with van der Waals surface area (Å²) in [6.45, 7) is 1.76. The molecular formula is C11H16N2O3S2. The molecule has 0 bridgehead atoms. The highest BCUT2D eigenvalue weighted by Gasteiger charge is 2.13. The highest BCUT2D eigenvalue weighted by molar-refractivity contribution is 7.90. The molecule has 0 aliphatic carbocycles. The molecule has 1 atom stereocenters. The minimum absolute atomic E-state index is 0.0517. The third-order valence-corrected chi connectivity index (χ3v) is 3.68. The van der Waals surface area contributed by atoms with Gasteiger partial charge in [-0.2, -0.15) is 0 Å². The largest absolute Gasteiger partial charge is 0.352 e. The van der Waals surface area contributed by atoms with Gasteiger partial charge in [-0.05, 0) is 25.5 Å². The van der Waals surface area contributed by atoms with Crippen LogP contribution in [0.25, 0.3) is 0 Å². The quantitative estimate of drug-likeness (QED) is 0.800. The summed E-state index contributed by atoms with van der Waals surface area (Å²) in [6.07, 6.45) is 3.20. The van der Waals surface area contributed by atoms with Gasteiger partial charge in [0.25, 0.3) is 5.91 Å². The maximum absolute atomic E-state index is 11.9. The lowest BCUT2D eigenvalue weighted by atomic mass is 10.2. The third kappa shape index (κ3) is 4.97. The molecule has 0 fully saturated rings. The molecule has 18 heavy (non-hydrogen) atoms. The lowest BCUT2D eigenvalue weighted by Crippen LogP contribution is -2.34. The average Bonchev–Trinajstić information content (AvgIpc) is 2.26. The second-order valence-electron chi connectivity index (χ2n) is 4.21. The van der Waals surface area contributed by atoms with Crippen LogP contribution in [0.4, 0.5) is 0 Å². The second kappa shape index (κ2) is 6.10. The van der Waals surface area contributed by atoms with Crippen LogP contribution >= 0.6 is 12.2 Å². The van der Waals surface area contributed by atoms with Crippen LogP contribution < -0.4 is 5.32 Å². The Bertz CT molecular complexity index is 578. The molecule has 1 aromatic heterocycles. The fourth-order valence-corrected chi connectivity index (χ4v) is 2.38. The van der Waals surface area contributed by atoms with E-state index in [-0.39, 0.29) is 17.7 Å². The fourth-order valence-electron chi connectivity index (χ4n) is 1.36. The van der Waals surface area contributed by atoms with Crippen molar-refractivity contribution in [1.29, 1.82) is 0 Å². The van der Waals surface area contributed by atoms with Crippen LogP contribution in [-0.2, 0) is 9.84 Å².